The van der Waals surface area contributed by atoms with Crippen LogP contribution in [-0.4, -0.2) is 0 Å². The van der Waals surface area contributed by atoms with Crippen molar-refractivity contribution in [2.75, 3.05) is 0 Å². The van der Waals surface area contributed by atoms with Crippen molar-refractivity contribution in [2.24, 2.45) is 0 Å². The minimum atomic E-state index is -0.426. The third kappa shape index (κ3) is 3.11. The van der Waals surface area contributed by atoms with Crippen LogP contribution in [0.2, 0.25) is 10.0 Å². The second kappa shape index (κ2) is 6.25. The highest BCUT2D eigenvalue weighted by Gasteiger charge is 2.24. The Bertz CT molecular complexity index is 656. The molecule has 0 fully saturated rings. The van der Waals surface area contributed by atoms with Crippen LogP contribution in [0.3, 0.4) is 0 Å². The van der Waals surface area contributed by atoms with Gasteiger partial charge in [-0.2, -0.15) is 0 Å². The summed E-state index contributed by atoms with van der Waals surface area (Å²) < 4.78 is 13.7. The van der Waals surface area contributed by atoms with Crippen molar-refractivity contribution >= 4 is 34.5 Å². The SMILES string of the molecule is CC(NC1CCCc2sccc21)c1cc(F)c(Cl)cc1Cl. The molecule has 2 aromatic rings. The van der Waals surface area contributed by atoms with Crippen molar-refractivity contribution in [3.63, 3.8) is 0 Å². The van der Waals surface area contributed by atoms with Gasteiger partial charge in [-0.1, -0.05) is 23.2 Å². The van der Waals surface area contributed by atoms with Gasteiger partial charge in [0, 0.05) is 22.0 Å². The van der Waals surface area contributed by atoms with Crippen LogP contribution >= 0.6 is 34.5 Å². The Balaban J connectivity index is 1.82. The van der Waals surface area contributed by atoms with Crippen LogP contribution in [-0.2, 0) is 6.42 Å². The maximum Gasteiger partial charge on any atom is 0.142 e. The molecular formula is C16H16Cl2FNS. The van der Waals surface area contributed by atoms with Gasteiger partial charge in [-0.15, -0.1) is 11.3 Å². The topological polar surface area (TPSA) is 12.0 Å². The molecule has 1 aromatic carbocycles. The second-order valence-corrected chi connectivity index (χ2v) is 7.24. The van der Waals surface area contributed by atoms with E-state index >= 15 is 0 Å². The number of thiophene rings is 1. The molecule has 0 saturated heterocycles. The van der Waals surface area contributed by atoms with Gasteiger partial charge in [-0.3, -0.25) is 0 Å². The Kier molecular flexibility index (Phi) is 4.55. The van der Waals surface area contributed by atoms with Crippen LogP contribution in [0, 0.1) is 5.82 Å². The molecule has 2 unspecified atom stereocenters. The molecule has 1 N–H and O–H groups in total. The average molecular weight is 344 g/mol. The first-order chi connectivity index (χ1) is 10.1. The minimum Gasteiger partial charge on any atom is -0.303 e. The molecule has 0 saturated carbocycles. The van der Waals surface area contributed by atoms with E-state index in [0.29, 0.717) is 11.1 Å². The first kappa shape index (κ1) is 15.3. The maximum atomic E-state index is 13.7. The quantitative estimate of drug-likeness (QED) is 0.681. The second-order valence-electron chi connectivity index (χ2n) is 5.42. The van der Waals surface area contributed by atoms with Gasteiger partial charge in [-0.05, 0) is 60.9 Å². The van der Waals surface area contributed by atoms with Gasteiger partial charge >= 0.3 is 0 Å². The van der Waals surface area contributed by atoms with Crippen LogP contribution in [0.5, 0.6) is 0 Å². The van der Waals surface area contributed by atoms with Crippen LogP contribution < -0.4 is 5.32 Å². The van der Waals surface area contributed by atoms with Gasteiger partial charge in [0.25, 0.3) is 0 Å². The molecule has 21 heavy (non-hydrogen) atoms. The third-order valence-corrected chi connectivity index (χ3v) is 5.62. The predicted molar refractivity (Wildman–Crippen MR) is 88.0 cm³/mol. The molecule has 1 nitrogen and oxygen atoms in total. The summed E-state index contributed by atoms with van der Waals surface area (Å²) in [5, 5.41) is 6.29. The lowest BCUT2D eigenvalue weighted by molar-refractivity contribution is 0.417. The number of fused-ring (bicyclic) bond motifs is 1. The monoisotopic (exact) mass is 343 g/mol. The predicted octanol–water partition coefficient (Wildman–Crippen LogP) is 5.92. The van der Waals surface area contributed by atoms with E-state index in [1.54, 1.807) is 0 Å². The first-order valence-corrected chi connectivity index (χ1v) is 8.66. The molecule has 0 aliphatic heterocycles. The Morgan fingerprint density at radius 2 is 2.14 bits per heavy atom. The molecule has 1 aliphatic carbocycles. The zero-order chi connectivity index (χ0) is 15.0. The van der Waals surface area contributed by atoms with Crippen molar-refractivity contribution < 1.29 is 4.39 Å². The van der Waals surface area contributed by atoms with E-state index in [1.165, 1.54) is 29.0 Å². The highest BCUT2D eigenvalue weighted by atomic mass is 35.5. The van der Waals surface area contributed by atoms with E-state index in [2.05, 4.69) is 16.8 Å². The minimum absolute atomic E-state index is 0.0277. The summed E-state index contributed by atoms with van der Waals surface area (Å²) in [5.74, 6) is -0.426. The number of nitrogens with one attached hydrogen (secondary N) is 1. The van der Waals surface area contributed by atoms with Crippen molar-refractivity contribution in [2.45, 2.75) is 38.3 Å². The van der Waals surface area contributed by atoms with Gasteiger partial charge in [0.05, 0.1) is 5.02 Å². The smallest absolute Gasteiger partial charge is 0.142 e. The van der Waals surface area contributed by atoms with Crippen LogP contribution in [0.1, 0.15) is 47.9 Å². The lowest BCUT2D eigenvalue weighted by atomic mass is 9.93. The number of halogens is 3. The summed E-state index contributed by atoms with van der Waals surface area (Å²) in [6, 6.07) is 5.38. The summed E-state index contributed by atoms with van der Waals surface area (Å²) in [6.45, 7) is 2.01. The molecule has 0 spiro atoms. The van der Waals surface area contributed by atoms with Gasteiger partial charge in [-0.25, -0.2) is 4.39 Å². The van der Waals surface area contributed by atoms with Crippen LogP contribution in [0.25, 0.3) is 0 Å². The van der Waals surface area contributed by atoms with Gasteiger partial charge < -0.3 is 5.32 Å². The van der Waals surface area contributed by atoms with Crippen LogP contribution in [0.4, 0.5) is 4.39 Å². The number of hydrogen-bond acceptors (Lipinski definition) is 2. The van der Waals surface area contributed by atoms with Crippen molar-refractivity contribution in [1.82, 2.24) is 5.32 Å². The Hall–Kier alpha value is -0.610. The molecule has 1 aliphatic rings. The fourth-order valence-electron chi connectivity index (χ4n) is 2.92. The first-order valence-electron chi connectivity index (χ1n) is 7.03. The Labute approximate surface area is 138 Å². The molecule has 0 bridgehead atoms. The van der Waals surface area contributed by atoms with E-state index in [-0.39, 0.29) is 11.1 Å². The third-order valence-electron chi connectivity index (χ3n) is 4.01. The van der Waals surface area contributed by atoms with Crippen LogP contribution in [0.15, 0.2) is 23.6 Å². The number of hydrogen-bond donors (Lipinski definition) is 1. The Morgan fingerprint density at radius 1 is 1.33 bits per heavy atom. The highest BCUT2D eigenvalue weighted by Crippen LogP contribution is 2.36. The number of rotatable bonds is 3. The standard InChI is InChI=1S/C16H16Cl2FNS/c1-9(11-7-14(19)13(18)8-12(11)17)20-15-3-2-4-16-10(15)5-6-21-16/h5-9,15,20H,2-4H2,1H3. The molecule has 2 atom stereocenters. The van der Waals surface area contributed by atoms with Gasteiger partial charge in [0.15, 0.2) is 0 Å². The van der Waals surface area contributed by atoms with Crippen molar-refractivity contribution in [1.29, 1.82) is 0 Å². The fourth-order valence-corrected chi connectivity index (χ4v) is 4.46. The normalized spacial score (nSPS) is 19.3. The zero-order valence-corrected chi connectivity index (χ0v) is 14.0. The summed E-state index contributed by atoms with van der Waals surface area (Å²) >= 11 is 13.8. The van der Waals surface area contributed by atoms with Crippen molar-refractivity contribution in [3.05, 3.63) is 55.4 Å². The average Bonchev–Trinajstić information content (AvgIpc) is 2.92. The molecule has 5 heteroatoms. The molecular weight excluding hydrogens is 328 g/mol. The largest absolute Gasteiger partial charge is 0.303 e. The van der Waals surface area contributed by atoms with E-state index in [9.17, 15) is 4.39 Å². The highest BCUT2D eigenvalue weighted by molar-refractivity contribution is 7.10. The summed E-state index contributed by atoms with van der Waals surface area (Å²) in [7, 11) is 0. The van der Waals surface area contributed by atoms with Crippen molar-refractivity contribution in [3.8, 4) is 0 Å². The zero-order valence-electron chi connectivity index (χ0n) is 11.6. The summed E-state index contributed by atoms with van der Waals surface area (Å²) in [6.07, 6.45) is 3.44. The van der Waals surface area contributed by atoms with Gasteiger partial charge in [0.2, 0.25) is 0 Å². The van der Waals surface area contributed by atoms with Gasteiger partial charge in [0.1, 0.15) is 5.82 Å². The van der Waals surface area contributed by atoms with E-state index < -0.39 is 5.82 Å². The molecule has 0 amide bonds. The lowest BCUT2D eigenvalue weighted by Gasteiger charge is -2.28. The maximum absolute atomic E-state index is 13.7. The van der Waals surface area contributed by atoms with E-state index in [0.717, 1.165) is 18.4 Å². The fraction of sp³-hybridized carbons (Fsp3) is 0.375. The Morgan fingerprint density at radius 3 is 2.95 bits per heavy atom. The molecule has 0 radical (unpaired) electrons. The molecule has 3 rings (SSSR count). The van der Waals surface area contributed by atoms with E-state index in [1.807, 2.05) is 18.3 Å². The summed E-state index contributed by atoms with van der Waals surface area (Å²) in [4.78, 5) is 1.46. The van der Waals surface area contributed by atoms with E-state index in [4.69, 9.17) is 23.2 Å². The molecule has 112 valence electrons. The number of benzene rings is 1. The molecule has 1 aromatic heterocycles. The lowest BCUT2D eigenvalue weighted by Crippen LogP contribution is -2.27. The number of aryl methyl sites for hydroxylation is 1. The summed E-state index contributed by atoms with van der Waals surface area (Å²) in [5.41, 5.74) is 2.13. The molecule has 1 heterocycles.